The first-order chi connectivity index (χ1) is 15.1. The molecule has 1 fully saturated rings. The van der Waals surface area contributed by atoms with Gasteiger partial charge in [-0.25, -0.2) is 0 Å². The van der Waals surface area contributed by atoms with Gasteiger partial charge < -0.3 is 19.7 Å². The van der Waals surface area contributed by atoms with E-state index in [0.29, 0.717) is 16.9 Å². The number of nitrogens with zero attached hydrogens (tertiary/aromatic N) is 2. The highest BCUT2D eigenvalue weighted by Crippen LogP contribution is 2.32. The Morgan fingerprint density at radius 2 is 1.58 bits per heavy atom. The van der Waals surface area contributed by atoms with Gasteiger partial charge in [-0.3, -0.25) is 14.5 Å². The Morgan fingerprint density at radius 1 is 0.903 bits per heavy atom. The summed E-state index contributed by atoms with van der Waals surface area (Å²) in [6, 6.07) is 15.1. The number of carbonyl (C=O) groups excluding carboxylic acids is 2. The third-order valence-corrected chi connectivity index (χ3v) is 5.67. The monoisotopic (exact) mass is 421 g/mol. The molecule has 2 heterocycles. The lowest BCUT2D eigenvalue weighted by Gasteiger charge is -2.18. The van der Waals surface area contributed by atoms with Gasteiger partial charge in [0.15, 0.2) is 0 Å². The maximum absolute atomic E-state index is 13.1. The van der Waals surface area contributed by atoms with Crippen molar-refractivity contribution in [2.24, 2.45) is 0 Å². The molecule has 7 heteroatoms. The topological polar surface area (TPSA) is 71.1 Å². The van der Waals surface area contributed by atoms with E-state index in [1.807, 2.05) is 24.3 Å². The van der Waals surface area contributed by atoms with Gasteiger partial charge in [0.1, 0.15) is 11.4 Å². The summed E-state index contributed by atoms with van der Waals surface area (Å²) in [4.78, 5) is 29.8. The third-order valence-electron chi connectivity index (χ3n) is 5.67. The van der Waals surface area contributed by atoms with E-state index in [4.69, 9.17) is 9.47 Å². The number of anilines is 2. The molecule has 0 bridgehead atoms. The molecule has 0 atom stereocenters. The van der Waals surface area contributed by atoms with Crippen molar-refractivity contribution in [3.63, 3.8) is 0 Å². The van der Waals surface area contributed by atoms with Gasteiger partial charge in [-0.15, -0.1) is 0 Å². The highest BCUT2D eigenvalue weighted by molar-refractivity contribution is 6.36. The lowest BCUT2D eigenvalue weighted by atomic mass is 10.0. The lowest BCUT2D eigenvalue weighted by Crippen LogP contribution is -2.35. The maximum atomic E-state index is 13.1. The fraction of sp³-hybridized carbons (Fsp3) is 0.333. The van der Waals surface area contributed by atoms with Crippen LogP contribution in [0.15, 0.2) is 54.2 Å². The summed E-state index contributed by atoms with van der Waals surface area (Å²) >= 11 is 0. The highest BCUT2D eigenvalue weighted by atomic mass is 16.5. The van der Waals surface area contributed by atoms with Gasteiger partial charge in [-0.05, 0) is 54.8 Å². The maximum Gasteiger partial charge on any atom is 0.278 e. The van der Waals surface area contributed by atoms with E-state index in [9.17, 15) is 9.59 Å². The molecule has 2 aromatic carbocycles. The van der Waals surface area contributed by atoms with E-state index in [-0.39, 0.29) is 30.7 Å². The molecular weight excluding hydrogens is 394 g/mol. The SMILES string of the molecule is COCCN1C(=O)C(Nc2ccc(N3CCCC3)cc2)=C(c2ccc(OC)cc2)C1=O. The number of carbonyl (C=O) groups is 2. The molecule has 2 aliphatic heterocycles. The Labute approximate surface area is 182 Å². The smallest absolute Gasteiger partial charge is 0.278 e. The molecule has 2 aliphatic rings. The van der Waals surface area contributed by atoms with Crippen molar-refractivity contribution < 1.29 is 19.1 Å². The summed E-state index contributed by atoms with van der Waals surface area (Å²) < 4.78 is 10.3. The second-order valence-corrected chi connectivity index (χ2v) is 7.60. The van der Waals surface area contributed by atoms with Crippen molar-refractivity contribution in [3.05, 3.63) is 59.8 Å². The molecule has 1 saturated heterocycles. The molecule has 0 saturated carbocycles. The summed E-state index contributed by atoms with van der Waals surface area (Å²) in [7, 11) is 3.13. The van der Waals surface area contributed by atoms with E-state index < -0.39 is 0 Å². The van der Waals surface area contributed by atoms with Crippen LogP contribution in [0.1, 0.15) is 18.4 Å². The number of ether oxygens (including phenoxy) is 2. The quantitative estimate of drug-likeness (QED) is 0.661. The van der Waals surface area contributed by atoms with Gasteiger partial charge in [0.05, 0.1) is 25.8 Å². The summed E-state index contributed by atoms with van der Waals surface area (Å²) in [5.41, 5.74) is 3.23. The number of hydrogen-bond acceptors (Lipinski definition) is 6. The lowest BCUT2D eigenvalue weighted by molar-refractivity contribution is -0.137. The van der Waals surface area contributed by atoms with Crippen LogP contribution in [0, 0.1) is 0 Å². The minimum absolute atomic E-state index is 0.201. The first-order valence-corrected chi connectivity index (χ1v) is 10.5. The fourth-order valence-electron chi connectivity index (χ4n) is 3.98. The Bertz CT molecular complexity index is 977. The Balaban J connectivity index is 1.64. The van der Waals surface area contributed by atoms with Crippen LogP contribution in [0.2, 0.25) is 0 Å². The number of hydrogen-bond donors (Lipinski definition) is 1. The minimum Gasteiger partial charge on any atom is -0.497 e. The molecule has 0 aromatic heterocycles. The Morgan fingerprint density at radius 3 is 2.19 bits per heavy atom. The zero-order valence-electron chi connectivity index (χ0n) is 17.9. The predicted octanol–water partition coefficient (Wildman–Crippen LogP) is 3.13. The number of benzene rings is 2. The number of imide groups is 1. The standard InChI is InChI=1S/C24H27N3O4/c1-30-16-15-27-23(28)21(17-5-11-20(31-2)12-6-17)22(24(27)29)25-18-7-9-19(10-8-18)26-13-3-4-14-26/h5-12,25H,3-4,13-16H2,1-2H3. The fourth-order valence-corrected chi connectivity index (χ4v) is 3.98. The Kier molecular flexibility index (Phi) is 6.23. The molecule has 2 amide bonds. The van der Waals surface area contributed by atoms with Gasteiger partial charge in [-0.2, -0.15) is 0 Å². The molecular formula is C24H27N3O4. The van der Waals surface area contributed by atoms with Crippen LogP contribution in [-0.2, 0) is 14.3 Å². The van der Waals surface area contributed by atoms with Crippen molar-refractivity contribution in [1.82, 2.24) is 4.90 Å². The Hall–Kier alpha value is -3.32. The zero-order chi connectivity index (χ0) is 21.8. The number of rotatable bonds is 8. The van der Waals surface area contributed by atoms with E-state index in [1.165, 1.54) is 23.4 Å². The van der Waals surface area contributed by atoms with Crippen LogP contribution < -0.4 is 15.0 Å². The number of methoxy groups -OCH3 is 2. The van der Waals surface area contributed by atoms with Crippen molar-refractivity contribution in [2.45, 2.75) is 12.8 Å². The molecule has 0 unspecified atom stereocenters. The predicted molar refractivity (Wildman–Crippen MR) is 120 cm³/mol. The van der Waals surface area contributed by atoms with Gasteiger partial charge in [0, 0.05) is 31.6 Å². The van der Waals surface area contributed by atoms with Crippen LogP contribution in [0.3, 0.4) is 0 Å². The van der Waals surface area contributed by atoms with Gasteiger partial charge >= 0.3 is 0 Å². The molecule has 0 spiro atoms. The van der Waals surface area contributed by atoms with Gasteiger partial charge in [0.2, 0.25) is 0 Å². The van der Waals surface area contributed by atoms with Crippen molar-refractivity contribution in [1.29, 1.82) is 0 Å². The highest BCUT2D eigenvalue weighted by Gasteiger charge is 2.39. The molecule has 31 heavy (non-hydrogen) atoms. The van der Waals surface area contributed by atoms with Gasteiger partial charge in [-0.1, -0.05) is 12.1 Å². The van der Waals surface area contributed by atoms with Crippen LogP contribution in [0.4, 0.5) is 11.4 Å². The van der Waals surface area contributed by atoms with Gasteiger partial charge in [0.25, 0.3) is 11.8 Å². The molecule has 4 rings (SSSR count). The van der Waals surface area contributed by atoms with Crippen molar-refractivity contribution >= 4 is 28.8 Å². The van der Waals surface area contributed by atoms with Crippen LogP contribution in [0.25, 0.3) is 5.57 Å². The van der Waals surface area contributed by atoms with E-state index in [1.54, 1.807) is 38.5 Å². The summed E-state index contributed by atoms with van der Waals surface area (Å²) in [5, 5.41) is 3.20. The summed E-state index contributed by atoms with van der Waals surface area (Å²) in [6.07, 6.45) is 2.43. The first kappa shape index (κ1) is 20.9. The van der Waals surface area contributed by atoms with E-state index >= 15 is 0 Å². The molecule has 1 N–H and O–H groups in total. The zero-order valence-corrected chi connectivity index (χ0v) is 17.9. The van der Waals surface area contributed by atoms with Crippen molar-refractivity contribution in [2.75, 3.05) is 50.7 Å². The normalized spacial score (nSPS) is 16.5. The summed E-state index contributed by atoms with van der Waals surface area (Å²) in [5.74, 6) is 0.00395. The third kappa shape index (κ3) is 4.27. The van der Waals surface area contributed by atoms with Crippen molar-refractivity contribution in [3.8, 4) is 5.75 Å². The number of amides is 2. The molecule has 0 aliphatic carbocycles. The van der Waals surface area contributed by atoms with Crippen LogP contribution in [0.5, 0.6) is 5.75 Å². The van der Waals surface area contributed by atoms with Crippen LogP contribution in [-0.4, -0.2) is 57.2 Å². The first-order valence-electron chi connectivity index (χ1n) is 10.5. The largest absolute Gasteiger partial charge is 0.497 e. The average Bonchev–Trinajstić information content (AvgIpc) is 3.41. The molecule has 7 nitrogen and oxygen atoms in total. The van der Waals surface area contributed by atoms with Crippen LogP contribution >= 0.6 is 0 Å². The van der Waals surface area contributed by atoms with E-state index in [0.717, 1.165) is 18.8 Å². The summed E-state index contributed by atoms with van der Waals surface area (Å²) in [6.45, 7) is 2.63. The minimum atomic E-state index is -0.350. The second kappa shape index (κ2) is 9.22. The molecule has 162 valence electrons. The molecule has 2 aromatic rings. The average molecular weight is 421 g/mol. The number of nitrogens with one attached hydrogen (secondary N) is 1. The second-order valence-electron chi connectivity index (χ2n) is 7.60. The molecule has 0 radical (unpaired) electrons. The van der Waals surface area contributed by atoms with E-state index in [2.05, 4.69) is 10.2 Å².